The topological polar surface area (TPSA) is 26.3 Å². The molecule has 0 amide bonds. The van der Waals surface area contributed by atoms with Crippen LogP contribution in [0.5, 0.6) is 0 Å². The molecular weight excluding hydrogens is 219 g/mol. The molecule has 0 saturated heterocycles. The van der Waals surface area contributed by atoms with Crippen molar-refractivity contribution < 1.29 is 9.53 Å². The zero-order valence-corrected chi connectivity index (χ0v) is 8.49. The predicted octanol–water partition coefficient (Wildman–Crippen LogP) is 1.94. The van der Waals surface area contributed by atoms with E-state index in [9.17, 15) is 4.79 Å². The quantitative estimate of drug-likeness (QED) is 0.534. The average Bonchev–Trinajstić information content (AvgIpc) is 1.83. The zero-order valence-electron chi connectivity index (χ0n) is 6.15. The number of carbonyl (C=O) groups excluding carboxylic acids is 1. The van der Waals surface area contributed by atoms with Gasteiger partial charge in [0.15, 0.2) is 0 Å². The summed E-state index contributed by atoms with van der Waals surface area (Å²) in [5.41, 5.74) is 0. The van der Waals surface area contributed by atoms with Crippen molar-refractivity contribution >= 4 is 33.5 Å². The fraction of sp³-hybridized carbons (Fsp3) is 0.833. The van der Waals surface area contributed by atoms with Gasteiger partial charge in [0.25, 0.3) is 0 Å². The van der Waals surface area contributed by atoms with Gasteiger partial charge in [-0.05, 0) is 13.8 Å². The molecule has 0 aromatic carbocycles. The van der Waals surface area contributed by atoms with Crippen molar-refractivity contribution in [3.8, 4) is 0 Å². The van der Waals surface area contributed by atoms with E-state index in [1.165, 1.54) is 7.11 Å². The summed E-state index contributed by atoms with van der Waals surface area (Å²) in [6, 6.07) is 0. The van der Waals surface area contributed by atoms with Crippen molar-refractivity contribution in [2.45, 2.75) is 23.5 Å². The van der Waals surface area contributed by atoms with Gasteiger partial charge >= 0.3 is 5.97 Å². The maximum Gasteiger partial charge on any atom is 0.325 e. The number of esters is 1. The SMILES string of the molecule is COC(=O)[C@@H](Cl)C(C)(C)Br. The fourth-order valence-electron chi connectivity index (χ4n) is 0.384. The van der Waals surface area contributed by atoms with Gasteiger partial charge in [-0.2, -0.15) is 0 Å². The number of carbonyl (C=O) groups is 1. The maximum absolute atomic E-state index is 10.8. The van der Waals surface area contributed by atoms with Crippen LogP contribution in [0.3, 0.4) is 0 Å². The van der Waals surface area contributed by atoms with E-state index in [1.54, 1.807) is 0 Å². The van der Waals surface area contributed by atoms with E-state index in [0.717, 1.165) is 0 Å². The Morgan fingerprint density at radius 3 is 2.20 bits per heavy atom. The molecular formula is C6H10BrClO2. The van der Waals surface area contributed by atoms with Gasteiger partial charge in [0.1, 0.15) is 5.38 Å². The van der Waals surface area contributed by atoms with Gasteiger partial charge in [-0.1, -0.05) is 15.9 Å². The van der Waals surface area contributed by atoms with Crippen LogP contribution in [0.4, 0.5) is 0 Å². The first-order valence-corrected chi connectivity index (χ1v) is 4.03. The average molecular weight is 230 g/mol. The highest BCUT2D eigenvalue weighted by molar-refractivity contribution is 9.10. The lowest BCUT2D eigenvalue weighted by Crippen LogP contribution is -2.33. The highest BCUT2D eigenvalue weighted by atomic mass is 79.9. The fourth-order valence-corrected chi connectivity index (χ4v) is 0.660. The summed E-state index contributed by atoms with van der Waals surface area (Å²) in [5, 5.41) is -0.641. The molecule has 0 aliphatic rings. The number of alkyl halides is 2. The molecule has 0 fully saturated rings. The zero-order chi connectivity index (χ0) is 8.36. The Morgan fingerprint density at radius 2 is 2.10 bits per heavy atom. The standard InChI is InChI=1S/C6H10BrClO2/c1-6(2,7)4(8)5(9)10-3/h4H,1-3H3/t4-/m1/s1. The monoisotopic (exact) mass is 228 g/mol. The summed E-state index contributed by atoms with van der Waals surface area (Å²) >= 11 is 8.94. The summed E-state index contributed by atoms with van der Waals surface area (Å²) in [5.74, 6) is -0.413. The van der Waals surface area contributed by atoms with Crippen molar-refractivity contribution in [1.29, 1.82) is 0 Å². The first-order valence-electron chi connectivity index (χ1n) is 2.80. The van der Waals surface area contributed by atoms with Gasteiger partial charge in [0, 0.05) is 4.32 Å². The molecule has 0 aromatic heterocycles. The molecule has 10 heavy (non-hydrogen) atoms. The second-order valence-electron chi connectivity index (χ2n) is 2.45. The van der Waals surface area contributed by atoms with Gasteiger partial charge in [-0.25, -0.2) is 0 Å². The second kappa shape index (κ2) is 3.58. The predicted molar refractivity (Wildman–Crippen MR) is 44.7 cm³/mol. The summed E-state index contributed by atoms with van der Waals surface area (Å²) in [6.07, 6.45) is 0. The molecule has 0 unspecified atom stereocenters. The third-order valence-corrected chi connectivity index (χ3v) is 2.46. The molecule has 0 radical (unpaired) electrons. The first kappa shape index (κ1) is 10.2. The third-order valence-electron chi connectivity index (χ3n) is 1.01. The van der Waals surface area contributed by atoms with Gasteiger partial charge in [0.05, 0.1) is 7.11 Å². The molecule has 0 N–H and O–H groups in total. The smallest absolute Gasteiger partial charge is 0.325 e. The normalized spacial score (nSPS) is 14.5. The third kappa shape index (κ3) is 2.88. The van der Waals surface area contributed by atoms with Crippen LogP contribution in [0.25, 0.3) is 0 Å². The van der Waals surface area contributed by atoms with Crippen LogP contribution < -0.4 is 0 Å². The lowest BCUT2D eigenvalue weighted by molar-refractivity contribution is -0.140. The Hall–Kier alpha value is 0.240. The number of ether oxygens (including phenoxy) is 1. The van der Waals surface area contributed by atoms with Crippen LogP contribution in [0.2, 0.25) is 0 Å². The van der Waals surface area contributed by atoms with Crippen LogP contribution in [0.1, 0.15) is 13.8 Å². The second-order valence-corrected chi connectivity index (χ2v) is 4.93. The molecule has 0 aliphatic heterocycles. The molecule has 0 heterocycles. The first-order chi connectivity index (χ1) is 4.39. The Balaban J connectivity index is 4.08. The number of methoxy groups -OCH3 is 1. The molecule has 0 aliphatic carbocycles. The molecule has 2 nitrogen and oxygen atoms in total. The number of halogens is 2. The van der Waals surface area contributed by atoms with E-state index >= 15 is 0 Å². The van der Waals surface area contributed by atoms with Gasteiger partial charge in [-0.15, -0.1) is 11.6 Å². The lowest BCUT2D eigenvalue weighted by Gasteiger charge is -2.20. The van der Waals surface area contributed by atoms with Crippen molar-refractivity contribution in [3.05, 3.63) is 0 Å². The van der Waals surface area contributed by atoms with Gasteiger partial charge < -0.3 is 4.74 Å². The molecule has 60 valence electrons. The minimum Gasteiger partial charge on any atom is -0.468 e. The highest BCUT2D eigenvalue weighted by Gasteiger charge is 2.31. The van der Waals surface area contributed by atoms with E-state index in [4.69, 9.17) is 11.6 Å². The van der Waals surface area contributed by atoms with Crippen molar-refractivity contribution in [1.82, 2.24) is 0 Å². The van der Waals surface area contributed by atoms with Crippen LogP contribution in [0.15, 0.2) is 0 Å². The van der Waals surface area contributed by atoms with Gasteiger partial charge in [0.2, 0.25) is 0 Å². The van der Waals surface area contributed by atoms with Crippen LogP contribution in [0, 0.1) is 0 Å². The Kier molecular flexibility index (Phi) is 3.66. The lowest BCUT2D eigenvalue weighted by atomic mass is 10.1. The van der Waals surface area contributed by atoms with Gasteiger partial charge in [-0.3, -0.25) is 4.79 Å². The van der Waals surface area contributed by atoms with E-state index in [0.29, 0.717) is 0 Å². The van der Waals surface area contributed by atoms with Crippen LogP contribution >= 0.6 is 27.5 Å². The number of hydrogen-bond acceptors (Lipinski definition) is 2. The van der Waals surface area contributed by atoms with E-state index in [2.05, 4.69) is 20.7 Å². The van der Waals surface area contributed by atoms with Crippen molar-refractivity contribution in [3.63, 3.8) is 0 Å². The molecule has 4 heteroatoms. The summed E-state index contributed by atoms with van der Waals surface area (Å²) < 4.78 is 4.02. The van der Waals surface area contributed by atoms with E-state index < -0.39 is 15.7 Å². The summed E-state index contributed by atoms with van der Waals surface area (Å²) in [6.45, 7) is 3.61. The maximum atomic E-state index is 10.8. The van der Waals surface area contributed by atoms with Crippen molar-refractivity contribution in [2.24, 2.45) is 0 Å². The largest absolute Gasteiger partial charge is 0.468 e. The molecule has 0 saturated carbocycles. The molecule has 0 spiro atoms. The number of rotatable bonds is 2. The van der Waals surface area contributed by atoms with Crippen LogP contribution in [-0.2, 0) is 9.53 Å². The number of hydrogen-bond donors (Lipinski definition) is 0. The molecule has 1 atom stereocenters. The van der Waals surface area contributed by atoms with E-state index in [-0.39, 0.29) is 0 Å². The Labute approximate surface area is 74.0 Å². The highest BCUT2D eigenvalue weighted by Crippen LogP contribution is 2.25. The minimum atomic E-state index is -0.641. The van der Waals surface area contributed by atoms with Crippen molar-refractivity contribution in [2.75, 3.05) is 7.11 Å². The minimum absolute atomic E-state index is 0.413. The molecule has 0 rings (SSSR count). The molecule has 0 bridgehead atoms. The summed E-state index contributed by atoms with van der Waals surface area (Å²) in [4.78, 5) is 10.8. The Bertz CT molecular complexity index is 130. The summed E-state index contributed by atoms with van der Waals surface area (Å²) in [7, 11) is 1.32. The molecule has 0 aromatic rings. The Morgan fingerprint density at radius 1 is 1.70 bits per heavy atom. The van der Waals surface area contributed by atoms with Crippen LogP contribution in [-0.4, -0.2) is 22.8 Å². The van der Waals surface area contributed by atoms with E-state index in [1.807, 2.05) is 13.8 Å².